The van der Waals surface area contributed by atoms with Gasteiger partial charge >= 0.3 is 17.9 Å². The normalized spacial score (nSPS) is 12.0. The van der Waals surface area contributed by atoms with Gasteiger partial charge in [0.05, 0.1) is 0 Å². The predicted octanol–water partition coefficient (Wildman–Crippen LogP) is 24.8. The second kappa shape index (κ2) is 68.6. The van der Waals surface area contributed by atoms with E-state index in [2.05, 4.69) is 32.9 Å². The van der Waals surface area contributed by atoms with Crippen molar-refractivity contribution in [2.45, 2.75) is 425 Å². The van der Waals surface area contributed by atoms with E-state index in [0.717, 1.165) is 57.8 Å². The fourth-order valence-corrected chi connectivity index (χ4v) is 11.3. The number of ether oxygens (including phenoxy) is 3. The molecule has 0 N–H and O–H groups in total. The van der Waals surface area contributed by atoms with Crippen LogP contribution in [0.5, 0.6) is 0 Å². The van der Waals surface area contributed by atoms with Gasteiger partial charge in [0.1, 0.15) is 13.2 Å². The van der Waals surface area contributed by atoms with E-state index >= 15 is 0 Å². The maximum absolute atomic E-state index is 12.9. The molecule has 1 atom stereocenters. The number of unbranched alkanes of at least 4 members (excludes halogenated alkanes) is 55. The Morgan fingerprint density at radius 1 is 0.241 bits per heavy atom. The zero-order valence-corrected chi connectivity index (χ0v) is 53.9. The van der Waals surface area contributed by atoms with Gasteiger partial charge in [-0.3, -0.25) is 14.4 Å². The van der Waals surface area contributed by atoms with E-state index < -0.39 is 6.10 Å². The molecule has 0 aliphatic heterocycles. The summed E-state index contributed by atoms with van der Waals surface area (Å²) in [6.07, 6.45) is 83.0. The first kappa shape index (κ1) is 77.2. The number of hydrogen-bond donors (Lipinski definition) is 0. The Labute approximate surface area is 494 Å². The van der Waals surface area contributed by atoms with E-state index in [1.165, 1.54) is 321 Å². The number of carbonyl (C=O) groups excluding carboxylic acids is 3. The number of carbonyl (C=O) groups is 3. The summed E-state index contributed by atoms with van der Waals surface area (Å²) < 4.78 is 16.9. The highest BCUT2D eigenvalue weighted by Crippen LogP contribution is 2.19. The van der Waals surface area contributed by atoms with Crippen LogP contribution in [-0.2, 0) is 28.6 Å². The first-order valence-corrected chi connectivity index (χ1v) is 36.2. The van der Waals surface area contributed by atoms with Gasteiger partial charge in [-0.05, 0) is 44.9 Å². The van der Waals surface area contributed by atoms with Crippen LogP contribution in [0, 0.1) is 0 Å². The molecule has 0 spiro atoms. The fraction of sp³-hybridized carbons (Fsp3) is 0.932. The number of hydrogen-bond acceptors (Lipinski definition) is 6. The van der Waals surface area contributed by atoms with Gasteiger partial charge in [0, 0.05) is 19.3 Å². The summed E-state index contributed by atoms with van der Waals surface area (Å²) >= 11 is 0. The molecule has 0 aromatic heterocycles. The van der Waals surface area contributed by atoms with Gasteiger partial charge in [-0.1, -0.05) is 367 Å². The quantitative estimate of drug-likeness (QED) is 0.0261. The van der Waals surface area contributed by atoms with Crippen molar-refractivity contribution in [2.75, 3.05) is 13.2 Å². The Morgan fingerprint density at radius 3 is 0.633 bits per heavy atom. The number of rotatable bonds is 68. The molecule has 0 heterocycles. The van der Waals surface area contributed by atoms with E-state index in [1.54, 1.807) is 0 Å². The molecule has 0 aliphatic carbocycles. The minimum Gasteiger partial charge on any atom is -0.462 e. The van der Waals surface area contributed by atoms with Crippen LogP contribution < -0.4 is 0 Å². The molecule has 1 unspecified atom stereocenters. The highest BCUT2D eigenvalue weighted by atomic mass is 16.6. The van der Waals surface area contributed by atoms with Crippen LogP contribution >= 0.6 is 0 Å². The van der Waals surface area contributed by atoms with Gasteiger partial charge in [0.25, 0.3) is 0 Å². The van der Waals surface area contributed by atoms with Crippen LogP contribution in [0.2, 0.25) is 0 Å². The maximum atomic E-state index is 12.9. The molecule has 0 aromatic rings. The second-order valence-corrected chi connectivity index (χ2v) is 24.9. The Bertz CT molecular complexity index is 1230. The summed E-state index contributed by atoms with van der Waals surface area (Å²) in [5, 5.41) is 0. The molecule has 0 saturated carbocycles. The molecular weight excluding hydrogens is 973 g/mol. The number of esters is 3. The second-order valence-electron chi connectivity index (χ2n) is 24.9. The average molecular weight is 1110 g/mol. The van der Waals surface area contributed by atoms with Crippen LogP contribution in [0.25, 0.3) is 0 Å². The van der Waals surface area contributed by atoms with Gasteiger partial charge in [0.15, 0.2) is 6.10 Å². The van der Waals surface area contributed by atoms with Crippen molar-refractivity contribution in [1.82, 2.24) is 0 Å². The predicted molar refractivity (Wildman–Crippen MR) is 344 cm³/mol. The van der Waals surface area contributed by atoms with Crippen LogP contribution in [0.3, 0.4) is 0 Å². The summed E-state index contributed by atoms with van der Waals surface area (Å²) in [5.74, 6) is -0.840. The van der Waals surface area contributed by atoms with Crippen LogP contribution in [0.15, 0.2) is 12.2 Å². The lowest BCUT2D eigenvalue weighted by atomic mass is 10.0. The monoisotopic (exact) mass is 1110 g/mol. The largest absolute Gasteiger partial charge is 0.462 e. The van der Waals surface area contributed by atoms with Gasteiger partial charge < -0.3 is 14.2 Å². The van der Waals surface area contributed by atoms with Crippen molar-refractivity contribution in [3.63, 3.8) is 0 Å². The number of allylic oxidation sites excluding steroid dienone is 2. The summed E-state index contributed by atoms with van der Waals surface area (Å²) in [7, 11) is 0. The molecule has 0 saturated heterocycles. The molecule has 6 heteroatoms. The van der Waals surface area contributed by atoms with Crippen molar-refractivity contribution in [3.05, 3.63) is 12.2 Å². The van der Waals surface area contributed by atoms with Crippen LogP contribution in [-0.4, -0.2) is 37.2 Å². The first-order valence-electron chi connectivity index (χ1n) is 36.2. The van der Waals surface area contributed by atoms with Crippen molar-refractivity contribution in [2.24, 2.45) is 0 Å². The highest BCUT2D eigenvalue weighted by Gasteiger charge is 2.19. The standard InChI is InChI=1S/C73H140O6/c1-4-7-10-13-16-18-20-22-24-26-28-30-32-34-35-36-37-38-39-40-42-43-45-47-49-51-53-55-57-60-63-66-72(75)78-69-70(68-77-71(74)65-62-59-15-12-9-6-3)79-73(76)67-64-61-58-56-54-52-50-48-46-44-41-33-31-29-27-25-23-21-19-17-14-11-8-5-2/h26,28,70H,4-25,27,29-69H2,1-3H3/b28-26-. The van der Waals surface area contributed by atoms with Gasteiger partial charge in [-0.15, -0.1) is 0 Å². The van der Waals surface area contributed by atoms with Crippen molar-refractivity contribution < 1.29 is 28.6 Å². The molecule has 0 fully saturated rings. The third-order valence-electron chi connectivity index (χ3n) is 16.8. The van der Waals surface area contributed by atoms with Crippen molar-refractivity contribution in [1.29, 1.82) is 0 Å². The van der Waals surface area contributed by atoms with Crippen LogP contribution in [0.1, 0.15) is 419 Å². The molecule has 0 amide bonds. The third-order valence-corrected chi connectivity index (χ3v) is 16.8. The molecule has 79 heavy (non-hydrogen) atoms. The van der Waals surface area contributed by atoms with Gasteiger partial charge in [-0.2, -0.15) is 0 Å². The van der Waals surface area contributed by atoms with Crippen LogP contribution in [0.4, 0.5) is 0 Å². The minimum absolute atomic E-state index is 0.0631. The van der Waals surface area contributed by atoms with E-state index in [-0.39, 0.29) is 31.1 Å². The SMILES string of the molecule is CCCCCCCCCC/C=C\CCCCCCCCCCCCCCCCCCCCCC(=O)OCC(COC(=O)CCCCCCCC)OC(=O)CCCCCCCCCCCCCCCCCCCCCCCCCC. The molecule has 0 rings (SSSR count). The summed E-state index contributed by atoms with van der Waals surface area (Å²) in [6, 6.07) is 0. The Hall–Kier alpha value is -1.85. The molecule has 0 bridgehead atoms. The van der Waals surface area contributed by atoms with Gasteiger partial charge in [-0.25, -0.2) is 0 Å². The fourth-order valence-electron chi connectivity index (χ4n) is 11.3. The van der Waals surface area contributed by atoms with Crippen molar-refractivity contribution >= 4 is 17.9 Å². The first-order chi connectivity index (χ1) is 39.0. The van der Waals surface area contributed by atoms with Gasteiger partial charge in [0.2, 0.25) is 0 Å². The van der Waals surface area contributed by atoms with E-state index in [0.29, 0.717) is 19.3 Å². The summed E-state index contributed by atoms with van der Waals surface area (Å²) in [6.45, 7) is 6.67. The zero-order chi connectivity index (χ0) is 57.1. The molecule has 468 valence electrons. The van der Waals surface area contributed by atoms with E-state index in [4.69, 9.17) is 14.2 Å². The minimum atomic E-state index is -0.763. The lowest BCUT2D eigenvalue weighted by Gasteiger charge is -2.18. The highest BCUT2D eigenvalue weighted by molar-refractivity contribution is 5.71. The Balaban J connectivity index is 3.93. The third kappa shape index (κ3) is 66.8. The molecule has 6 nitrogen and oxygen atoms in total. The topological polar surface area (TPSA) is 78.9 Å². The van der Waals surface area contributed by atoms with E-state index in [9.17, 15) is 14.4 Å². The summed E-state index contributed by atoms with van der Waals surface area (Å²) in [5.41, 5.74) is 0. The zero-order valence-electron chi connectivity index (χ0n) is 53.9. The Morgan fingerprint density at radius 2 is 0.418 bits per heavy atom. The molecular formula is C73H140O6. The molecule has 0 aliphatic rings. The molecule has 0 aromatic carbocycles. The average Bonchev–Trinajstić information content (AvgIpc) is 3.45. The van der Waals surface area contributed by atoms with E-state index in [1.807, 2.05) is 0 Å². The smallest absolute Gasteiger partial charge is 0.306 e. The summed E-state index contributed by atoms with van der Waals surface area (Å²) in [4.78, 5) is 38.1. The molecule has 0 radical (unpaired) electrons. The lowest BCUT2D eigenvalue weighted by molar-refractivity contribution is -0.167. The Kier molecular flexibility index (Phi) is 67.0. The van der Waals surface area contributed by atoms with Crippen molar-refractivity contribution in [3.8, 4) is 0 Å². The lowest BCUT2D eigenvalue weighted by Crippen LogP contribution is -2.30. The maximum Gasteiger partial charge on any atom is 0.306 e.